The third kappa shape index (κ3) is 1.82. The Morgan fingerprint density at radius 1 is 1.62 bits per heavy atom. The number of hydrogen-bond acceptors (Lipinski definition) is 5. The number of ether oxygens (including phenoxy) is 1. The highest BCUT2D eigenvalue weighted by Gasteiger charge is 2.36. The van der Waals surface area contributed by atoms with Gasteiger partial charge in [0.1, 0.15) is 12.0 Å². The number of carbonyl (C=O) groups is 1. The predicted molar refractivity (Wildman–Crippen MR) is 55.1 cm³/mol. The molecule has 7 heteroatoms. The minimum Gasteiger partial charge on any atom is -0.508 e. The van der Waals surface area contributed by atoms with Crippen LogP contribution >= 0.6 is 0 Å². The molecule has 1 aromatic rings. The first-order valence-electron chi connectivity index (χ1n) is 4.62. The molecule has 0 aliphatic carbocycles. The molecule has 6 nitrogen and oxygen atoms in total. The van der Waals surface area contributed by atoms with Gasteiger partial charge in [0.25, 0.3) is 0 Å². The number of amides is 1. The van der Waals surface area contributed by atoms with Crippen molar-refractivity contribution < 1.29 is 24.3 Å². The molecule has 1 aromatic carbocycles. The van der Waals surface area contributed by atoms with E-state index in [2.05, 4.69) is 10.1 Å². The van der Waals surface area contributed by atoms with Gasteiger partial charge in [0.2, 0.25) is 0 Å². The van der Waals surface area contributed by atoms with E-state index in [1.807, 2.05) is 0 Å². The maximum atomic E-state index is 11.0. The number of aromatic hydroxyl groups is 1. The zero-order chi connectivity index (χ0) is 11.7. The van der Waals surface area contributed by atoms with E-state index in [9.17, 15) is 14.9 Å². The van der Waals surface area contributed by atoms with Crippen molar-refractivity contribution in [2.45, 2.75) is 6.23 Å². The molecule has 0 saturated heterocycles. The lowest BCUT2D eigenvalue weighted by molar-refractivity contribution is 0.121. The van der Waals surface area contributed by atoms with Crippen LogP contribution in [0.15, 0.2) is 18.2 Å². The number of phenols is 1. The second-order valence-corrected chi connectivity index (χ2v) is 3.32. The highest BCUT2D eigenvalue weighted by Crippen LogP contribution is 2.23. The number of rotatable bonds is 1. The third-order valence-corrected chi connectivity index (χ3v) is 2.32. The average molecular weight is 223 g/mol. The Hall–Kier alpha value is -1.73. The average Bonchev–Trinajstić information content (AvgIpc) is 2.55. The predicted octanol–water partition coefficient (Wildman–Crippen LogP) is -0.536. The monoisotopic (exact) mass is 223 g/mol. The van der Waals surface area contributed by atoms with Crippen LogP contribution in [-0.4, -0.2) is 30.5 Å². The third-order valence-electron chi connectivity index (χ3n) is 2.32. The normalized spacial score (nSPS) is 18.1. The fourth-order valence-electron chi connectivity index (χ4n) is 1.57. The largest absolute Gasteiger partial charge is 0.508 e. The van der Waals surface area contributed by atoms with Gasteiger partial charge in [-0.3, -0.25) is 5.32 Å². The number of alkyl carbamates (subject to hydrolysis) is 1. The summed E-state index contributed by atoms with van der Waals surface area (Å²) in [6.45, 7) is 0. The quantitative estimate of drug-likeness (QED) is 0.556. The van der Waals surface area contributed by atoms with E-state index in [1.165, 1.54) is 19.2 Å². The molecule has 0 aromatic heterocycles. The Balaban J connectivity index is 2.25. The van der Waals surface area contributed by atoms with Gasteiger partial charge < -0.3 is 19.5 Å². The summed E-state index contributed by atoms with van der Waals surface area (Å²) < 4.78 is 9.52. The summed E-state index contributed by atoms with van der Waals surface area (Å²) in [7, 11) is 0.0718. The maximum Gasteiger partial charge on any atom is 0.493 e. The van der Waals surface area contributed by atoms with Crippen LogP contribution in [0.5, 0.6) is 5.75 Å². The van der Waals surface area contributed by atoms with Crippen molar-refractivity contribution in [2.75, 3.05) is 7.11 Å². The SMILES string of the molecule is COC(=O)NC1OB(O)c2cc(O)ccc21. The van der Waals surface area contributed by atoms with E-state index < -0.39 is 19.4 Å². The van der Waals surface area contributed by atoms with E-state index >= 15 is 0 Å². The van der Waals surface area contributed by atoms with Crippen LogP contribution in [-0.2, 0) is 9.39 Å². The molecule has 1 atom stereocenters. The summed E-state index contributed by atoms with van der Waals surface area (Å²) in [4.78, 5) is 11.0. The van der Waals surface area contributed by atoms with E-state index in [0.717, 1.165) is 0 Å². The molecular formula is C9H10BNO5. The molecule has 1 unspecified atom stereocenters. The number of carbonyl (C=O) groups excluding carboxylic acids is 1. The zero-order valence-electron chi connectivity index (χ0n) is 8.51. The minimum atomic E-state index is -1.16. The summed E-state index contributed by atoms with van der Waals surface area (Å²) >= 11 is 0. The standard InChI is InChI=1S/C9H10BNO5/c1-15-9(13)11-8-6-3-2-5(12)4-7(6)10(14)16-8/h2-4,8,12,14H,1H3,(H,11,13). The highest BCUT2D eigenvalue weighted by atomic mass is 16.6. The molecular weight excluding hydrogens is 213 g/mol. The molecule has 1 amide bonds. The van der Waals surface area contributed by atoms with Gasteiger partial charge in [-0.1, -0.05) is 6.07 Å². The molecule has 0 radical (unpaired) electrons. The van der Waals surface area contributed by atoms with Gasteiger partial charge >= 0.3 is 13.2 Å². The molecule has 1 heterocycles. The highest BCUT2D eigenvalue weighted by molar-refractivity contribution is 6.61. The summed E-state index contributed by atoms with van der Waals surface area (Å²) in [5.41, 5.74) is 1.03. The van der Waals surface area contributed by atoms with Crippen molar-refractivity contribution in [3.05, 3.63) is 23.8 Å². The first kappa shape index (κ1) is 10.8. The van der Waals surface area contributed by atoms with Gasteiger partial charge in [-0.2, -0.15) is 0 Å². The van der Waals surface area contributed by atoms with Crippen molar-refractivity contribution in [1.29, 1.82) is 0 Å². The lowest BCUT2D eigenvalue weighted by atomic mass is 9.79. The number of methoxy groups -OCH3 is 1. The Morgan fingerprint density at radius 3 is 3.06 bits per heavy atom. The molecule has 2 rings (SSSR count). The van der Waals surface area contributed by atoms with Gasteiger partial charge in [-0.25, -0.2) is 4.79 Å². The van der Waals surface area contributed by atoms with Crippen molar-refractivity contribution in [1.82, 2.24) is 5.32 Å². The van der Waals surface area contributed by atoms with E-state index in [1.54, 1.807) is 6.07 Å². The van der Waals surface area contributed by atoms with Crippen LogP contribution in [0.4, 0.5) is 4.79 Å². The molecule has 0 spiro atoms. The number of hydrogen-bond donors (Lipinski definition) is 3. The molecule has 1 aliphatic heterocycles. The first-order valence-corrected chi connectivity index (χ1v) is 4.62. The van der Waals surface area contributed by atoms with Crippen molar-refractivity contribution in [3.63, 3.8) is 0 Å². The Morgan fingerprint density at radius 2 is 2.38 bits per heavy atom. The second kappa shape index (κ2) is 4.03. The van der Waals surface area contributed by atoms with Gasteiger partial charge in [-0.15, -0.1) is 0 Å². The Kier molecular flexibility index (Phi) is 2.72. The van der Waals surface area contributed by atoms with Gasteiger partial charge in [0.05, 0.1) is 7.11 Å². The van der Waals surface area contributed by atoms with Crippen LogP contribution < -0.4 is 10.8 Å². The van der Waals surface area contributed by atoms with Crippen LogP contribution in [0.1, 0.15) is 11.8 Å². The minimum absolute atomic E-state index is 0.0279. The smallest absolute Gasteiger partial charge is 0.493 e. The lowest BCUT2D eigenvalue weighted by Crippen LogP contribution is -2.30. The zero-order valence-corrected chi connectivity index (χ0v) is 8.51. The lowest BCUT2D eigenvalue weighted by Gasteiger charge is -2.13. The Bertz CT molecular complexity index is 424. The molecule has 0 saturated carbocycles. The van der Waals surface area contributed by atoms with Crippen LogP contribution in [0.3, 0.4) is 0 Å². The molecule has 84 valence electrons. The van der Waals surface area contributed by atoms with Crippen molar-refractivity contribution in [3.8, 4) is 5.75 Å². The van der Waals surface area contributed by atoms with E-state index in [-0.39, 0.29) is 5.75 Å². The summed E-state index contributed by atoms with van der Waals surface area (Å²) in [5, 5.41) is 21.2. The number of benzene rings is 1. The molecule has 0 fully saturated rings. The molecule has 3 N–H and O–H groups in total. The summed E-state index contributed by atoms with van der Waals surface area (Å²) in [6, 6.07) is 4.41. The van der Waals surface area contributed by atoms with E-state index in [0.29, 0.717) is 11.0 Å². The van der Waals surface area contributed by atoms with Crippen LogP contribution in [0.25, 0.3) is 0 Å². The number of phenolic OH excluding ortho intramolecular Hbond substituents is 1. The van der Waals surface area contributed by atoms with Gasteiger partial charge in [0, 0.05) is 0 Å². The summed E-state index contributed by atoms with van der Waals surface area (Å²) in [5.74, 6) is 0.0279. The van der Waals surface area contributed by atoms with Crippen molar-refractivity contribution >= 4 is 18.7 Å². The topological polar surface area (TPSA) is 88.0 Å². The van der Waals surface area contributed by atoms with Gasteiger partial charge in [0.15, 0.2) is 0 Å². The van der Waals surface area contributed by atoms with Crippen molar-refractivity contribution in [2.24, 2.45) is 0 Å². The van der Waals surface area contributed by atoms with E-state index in [4.69, 9.17) is 4.65 Å². The maximum absolute atomic E-state index is 11.0. The first-order chi connectivity index (χ1) is 7.61. The summed E-state index contributed by atoms with van der Waals surface area (Å²) in [6.07, 6.45) is -1.42. The second-order valence-electron chi connectivity index (χ2n) is 3.32. The van der Waals surface area contributed by atoms with Crippen LogP contribution in [0, 0.1) is 0 Å². The van der Waals surface area contributed by atoms with Crippen LogP contribution in [0.2, 0.25) is 0 Å². The molecule has 0 bridgehead atoms. The Labute approximate surface area is 91.9 Å². The fourth-order valence-corrected chi connectivity index (χ4v) is 1.57. The molecule has 16 heavy (non-hydrogen) atoms. The number of nitrogens with one attached hydrogen (secondary N) is 1. The fraction of sp³-hybridized carbons (Fsp3) is 0.222. The molecule has 1 aliphatic rings. The van der Waals surface area contributed by atoms with Gasteiger partial charge in [-0.05, 0) is 23.2 Å². The number of fused-ring (bicyclic) bond motifs is 1.